The quantitative estimate of drug-likeness (QED) is 0.546. The van der Waals surface area contributed by atoms with Gasteiger partial charge in [0.15, 0.2) is 0 Å². The predicted molar refractivity (Wildman–Crippen MR) is 34.7 cm³/mol. The van der Waals surface area contributed by atoms with Gasteiger partial charge >= 0.3 is 7.60 Å². The highest BCUT2D eigenvalue weighted by Crippen LogP contribution is 2.47. The second-order valence-electron chi connectivity index (χ2n) is 2.46. The zero-order valence-corrected chi connectivity index (χ0v) is 6.25. The van der Waals surface area contributed by atoms with Crippen molar-refractivity contribution in [3.05, 3.63) is 0 Å². The minimum atomic E-state index is -4.12. The van der Waals surface area contributed by atoms with Crippen molar-refractivity contribution in [3.63, 3.8) is 0 Å². The Morgan fingerprint density at radius 3 is 2.30 bits per heavy atom. The highest BCUT2D eigenvalue weighted by atomic mass is 31.2. The molecule has 1 aliphatic rings. The molecular formula is C5H9O4P. The number of carbonyl (C=O) groups is 1. The van der Waals surface area contributed by atoms with E-state index in [-0.39, 0.29) is 5.78 Å². The molecule has 4 nitrogen and oxygen atoms in total. The van der Waals surface area contributed by atoms with Gasteiger partial charge in [-0.05, 0) is 12.8 Å². The highest BCUT2D eigenvalue weighted by Gasteiger charge is 2.38. The van der Waals surface area contributed by atoms with Gasteiger partial charge in [0, 0.05) is 6.42 Å². The van der Waals surface area contributed by atoms with Gasteiger partial charge in [-0.15, -0.1) is 0 Å². The first kappa shape index (κ1) is 7.92. The molecule has 1 aliphatic carbocycles. The van der Waals surface area contributed by atoms with Crippen LogP contribution in [-0.2, 0) is 9.36 Å². The lowest BCUT2D eigenvalue weighted by atomic mass is 10.3. The summed E-state index contributed by atoms with van der Waals surface area (Å²) in [7, 11) is -4.12. The van der Waals surface area contributed by atoms with Crippen LogP contribution in [-0.4, -0.2) is 21.2 Å². The molecule has 0 aromatic rings. The van der Waals surface area contributed by atoms with E-state index in [1.165, 1.54) is 0 Å². The van der Waals surface area contributed by atoms with E-state index in [1.54, 1.807) is 0 Å². The molecule has 1 fully saturated rings. The molecule has 1 saturated carbocycles. The minimum Gasteiger partial charge on any atom is -0.324 e. The second kappa shape index (κ2) is 2.46. The molecule has 0 saturated heterocycles. The van der Waals surface area contributed by atoms with Gasteiger partial charge in [0.05, 0.1) is 0 Å². The predicted octanol–water partition coefficient (Wildman–Crippen LogP) is 0.286. The summed E-state index contributed by atoms with van der Waals surface area (Å²) in [6, 6.07) is 0. The Balaban J connectivity index is 2.74. The van der Waals surface area contributed by atoms with Crippen LogP contribution in [0.25, 0.3) is 0 Å². The van der Waals surface area contributed by atoms with Crippen LogP contribution in [0.3, 0.4) is 0 Å². The smallest absolute Gasteiger partial charge is 0.324 e. The Morgan fingerprint density at radius 1 is 1.50 bits per heavy atom. The van der Waals surface area contributed by atoms with Gasteiger partial charge in [-0.1, -0.05) is 0 Å². The monoisotopic (exact) mass is 164 g/mol. The fraction of sp³-hybridized carbons (Fsp3) is 0.800. The van der Waals surface area contributed by atoms with Crippen molar-refractivity contribution < 1.29 is 19.1 Å². The summed E-state index contributed by atoms with van der Waals surface area (Å²) in [4.78, 5) is 27.9. The van der Waals surface area contributed by atoms with Gasteiger partial charge in [-0.2, -0.15) is 0 Å². The molecule has 0 aromatic carbocycles. The first-order valence-electron chi connectivity index (χ1n) is 3.10. The summed E-state index contributed by atoms with van der Waals surface area (Å²) in [5, 5.41) is 0. The van der Waals surface area contributed by atoms with Crippen LogP contribution in [0.5, 0.6) is 0 Å². The van der Waals surface area contributed by atoms with Crippen molar-refractivity contribution in [1.82, 2.24) is 0 Å². The normalized spacial score (nSPS) is 27.4. The van der Waals surface area contributed by atoms with E-state index in [4.69, 9.17) is 9.79 Å². The SMILES string of the molecule is O=C1CCCC1P(=O)(O)O. The Bertz CT molecular complexity index is 194. The van der Waals surface area contributed by atoms with Crippen LogP contribution in [0.2, 0.25) is 0 Å². The molecule has 5 heteroatoms. The van der Waals surface area contributed by atoms with Gasteiger partial charge in [0.25, 0.3) is 0 Å². The number of ketones is 1. The van der Waals surface area contributed by atoms with Crippen molar-refractivity contribution in [2.45, 2.75) is 24.9 Å². The molecule has 0 aromatic heterocycles. The summed E-state index contributed by atoms with van der Waals surface area (Å²) < 4.78 is 10.5. The molecule has 0 spiro atoms. The first-order valence-corrected chi connectivity index (χ1v) is 4.78. The maximum absolute atomic E-state index is 10.7. The van der Waals surface area contributed by atoms with Crippen molar-refractivity contribution >= 4 is 13.4 Å². The lowest BCUT2D eigenvalue weighted by Gasteiger charge is -2.08. The molecule has 1 unspecified atom stereocenters. The van der Waals surface area contributed by atoms with E-state index in [9.17, 15) is 9.36 Å². The number of carbonyl (C=O) groups excluding carboxylic acids is 1. The standard InChI is InChI=1S/C5H9O4P/c6-4-2-1-3-5(4)10(7,8)9/h5H,1-3H2,(H2,7,8,9). The zero-order valence-electron chi connectivity index (χ0n) is 5.36. The minimum absolute atomic E-state index is 0.284. The average molecular weight is 164 g/mol. The van der Waals surface area contributed by atoms with E-state index in [0.29, 0.717) is 19.3 Å². The summed E-state index contributed by atoms with van der Waals surface area (Å²) in [6.45, 7) is 0. The third-order valence-electron chi connectivity index (χ3n) is 1.68. The molecule has 0 bridgehead atoms. The topological polar surface area (TPSA) is 74.6 Å². The molecule has 1 rings (SSSR count). The fourth-order valence-corrected chi connectivity index (χ4v) is 2.18. The van der Waals surface area contributed by atoms with Crippen LogP contribution in [0.4, 0.5) is 0 Å². The van der Waals surface area contributed by atoms with Crippen LogP contribution in [0, 0.1) is 0 Å². The molecule has 0 aliphatic heterocycles. The number of rotatable bonds is 1. The molecule has 1 atom stereocenters. The number of hydrogen-bond acceptors (Lipinski definition) is 2. The van der Waals surface area contributed by atoms with Gasteiger partial charge in [-0.25, -0.2) is 0 Å². The van der Waals surface area contributed by atoms with Gasteiger partial charge in [0.2, 0.25) is 0 Å². The summed E-state index contributed by atoms with van der Waals surface area (Å²) in [5.41, 5.74) is -0.993. The van der Waals surface area contributed by atoms with Crippen molar-refractivity contribution in [2.75, 3.05) is 0 Å². The molecule has 2 N–H and O–H groups in total. The Morgan fingerprint density at radius 2 is 2.10 bits per heavy atom. The lowest BCUT2D eigenvalue weighted by Crippen LogP contribution is -2.12. The third kappa shape index (κ3) is 1.45. The average Bonchev–Trinajstić information content (AvgIpc) is 2.11. The van der Waals surface area contributed by atoms with E-state index in [2.05, 4.69) is 0 Å². The Kier molecular flexibility index (Phi) is 1.95. The highest BCUT2D eigenvalue weighted by molar-refractivity contribution is 7.53. The fourth-order valence-electron chi connectivity index (χ4n) is 1.15. The lowest BCUT2D eigenvalue weighted by molar-refractivity contribution is -0.117. The molecule has 0 heterocycles. The third-order valence-corrected chi connectivity index (χ3v) is 3.04. The van der Waals surface area contributed by atoms with Crippen LogP contribution < -0.4 is 0 Å². The van der Waals surface area contributed by atoms with Crippen molar-refractivity contribution in [3.8, 4) is 0 Å². The summed E-state index contributed by atoms with van der Waals surface area (Å²) >= 11 is 0. The van der Waals surface area contributed by atoms with Gasteiger partial charge < -0.3 is 9.79 Å². The molecular weight excluding hydrogens is 155 g/mol. The summed E-state index contributed by atoms with van der Waals surface area (Å²) in [6.07, 6.45) is 1.30. The zero-order chi connectivity index (χ0) is 7.78. The maximum Gasteiger partial charge on any atom is 0.335 e. The van der Waals surface area contributed by atoms with Crippen LogP contribution in [0.1, 0.15) is 19.3 Å². The van der Waals surface area contributed by atoms with Gasteiger partial charge in [-0.3, -0.25) is 9.36 Å². The van der Waals surface area contributed by atoms with E-state index in [0.717, 1.165) is 0 Å². The number of Topliss-reactive ketones (excluding diaryl/α,β-unsaturated/α-hetero) is 1. The second-order valence-corrected chi connectivity index (χ2v) is 4.26. The van der Waals surface area contributed by atoms with Crippen molar-refractivity contribution in [1.29, 1.82) is 0 Å². The van der Waals surface area contributed by atoms with Gasteiger partial charge in [0.1, 0.15) is 11.4 Å². The Labute approximate surface area is 58.4 Å². The van der Waals surface area contributed by atoms with Crippen LogP contribution in [0.15, 0.2) is 0 Å². The maximum atomic E-state index is 10.7. The van der Waals surface area contributed by atoms with Crippen LogP contribution >= 0.6 is 7.60 Å². The molecule has 58 valence electrons. The van der Waals surface area contributed by atoms with E-state index < -0.39 is 13.3 Å². The largest absolute Gasteiger partial charge is 0.335 e. The van der Waals surface area contributed by atoms with E-state index in [1.807, 2.05) is 0 Å². The Hall–Kier alpha value is -0.180. The summed E-state index contributed by atoms with van der Waals surface area (Å²) in [5.74, 6) is -0.284. The van der Waals surface area contributed by atoms with E-state index >= 15 is 0 Å². The molecule has 10 heavy (non-hydrogen) atoms. The first-order chi connectivity index (χ1) is 4.52. The van der Waals surface area contributed by atoms with Crippen molar-refractivity contribution in [2.24, 2.45) is 0 Å². The molecule has 0 amide bonds. The number of hydrogen-bond donors (Lipinski definition) is 2. The molecule has 0 radical (unpaired) electrons.